The molecule has 0 aromatic heterocycles. The van der Waals surface area contributed by atoms with Gasteiger partial charge in [0.15, 0.2) is 11.6 Å². The number of halogens is 2. The Labute approximate surface area is 124 Å². The lowest BCUT2D eigenvalue weighted by molar-refractivity contribution is 0.0594. The van der Waals surface area contributed by atoms with Crippen LogP contribution in [0.3, 0.4) is 0 Å². The largest absolute Gasteiger partial charge is 0.465 e. The molecule has 1 aromatic carbocycles. The molecule has 0 aliphatic carbocycles. The van der Waals surface area contributed by atoms with Crippen molar-refractivity contribution in [1.82, 2.24) is 0 Å². The van der Waals surface area contributed by atoms with E-state index >= 15 is 0 Å². The van der Waals surface area contributed by atoms with Gasteiger partial charge in [-0.1, -0.05) is 33.1 Å². The highest BCUT2D eigenvalue weighted by molar-refractivity contribution is 5.90. The summed E-state index contributed by atoms with van der Waals surface area (Å²) in [5.74, 6) is -3.08. The van der Waals surface area contributed by atoms with E-state index in [2.05, 4.69) is 23.9 Å². The minimum absolute atomic E-state index is 0.0923. The lowest BCUT2D eigenvalue weighted by Gasteiger charge is -2.20. The molecule has 0 saturated heterocycles. The van der Waals surface area contributed by atoms with E-state index in [4.69, 9.17) is 0 Å². The summed E-state index contributed by atoms with van der Waals surface area (Å²) in [5.41, 5.74) is -0.296. The van der Waals surface area contributed by atoms with Crippen molar-refractivity contribution in [3.63, 3.8) is 0 Å². The molecule has 0 aliphatic rings. The molecule has 0 fully saturated rings. The molecule has 118 valence electrons. The molecule has 1 N–H and O–H groups in total. The summed E-state index contributed by atoms with van der Waals surface area (Å²) < 4.78 is 32.3. The molecule has 21 heavy (non-hydrogen) atoms. The van der Waals surface area contributed by atoms with Gasteiger partial charge >= 0.3 is 5.97 Å². The first-order valence-corrected chi connectivity index (χ1v) is 7.37. The zero-order valence-electron chi connectivity index (χ0n) is 12.8. The van der Waals surface area contributed by atoms with Crippen molar-refractivity contribution in [2.24, 2.45) is 0 Å². The maximum absolute atomic E-state index is 14.0. The molecule has 0 heterocycles. The van der Waals surface area contributed by atoms with Crippen molar-refractivity contribution >= 4 is 11.7 Å². The number of rotatable bonds is 8. The topological polar surface area (TPSA) is 38.3 Å². The summed E-state index contributed by atoms with van der Waals surface area (Å²) in [6.07, 6.45) is 4.84. The number of hydrogen-bond acceptors (Lipinski definition) is 3. The second-order valence-electron chi connectivity index (χ2n) is 5.05. The second kappa shape index (κ2) is 8.60. The molecule has 5 heteroatoms. The van der Waals surface area contributed by atoms with E-state index in [0.29, 0.717) is 0 Å². The summed E-state index contributed by atoms with van der Waals surface area (Å²) in [6.45, 7) is 4.15. The van der Waals surface area contributed by atoms with E-state index in [0.717, 1.165) is 39.2 Å². The molecule has 0 radical (unpaired) electrons. The summed E-state index contributed by atoms with van der Waals surface area (Å²) >= 11 is 0. The number of carbonyl (C=O) groups is 1. The smallest absolute Gasteiger partial charge is 0.340 e. The van der Waals surface area contributed by atoms with Crippen LogP contribution < -0.4 is 5.32 Å². The third-order valence-corrected chi connectivity index (χ3v) is 3.39. The van der Waals surface area contributed by atoms with Gasteiger partial charge in [0, 0.05) is 6.04 Å². The molecule has 0 bridgehead atoms. The molecular weight excluding hydrogens is 276 g/mol. The first-order chi connectivity index (χ1) is 10.0. The third kappa shape index (κ3) is 4.69. The van der Waals surface area contributed by atoms with Crippen LogP contribution in [0.4, 0.5) is 14.5 Å². The standard InChI is InChI=1S/C16H23F2NO2/c1-4-6-8-11(7-5-2)19-13-10-9-12(16(20)21-3)14(17)15(13)18/h9-11,19H,4-8H2,1-3H3. The number of methoxy groups -OCH3 is 1. The number of benzene rings is 1. The van der Waals surface area contributed by atoms with Crippen molar-refractivity contribution in [3.8, 4) is 0 Å². The Balaban J connectivity index is 2.92. The van der Waals surface area contributed by atoms with Crippen LogP contribution in [0, 0.1) is 11.6 Å². The Morgan fingerprint density at radius 2 is 1.90 bits per heavy atom. The van der Waals surface area contributed by atoms with Gasteiger partial charge in [-0.25, -0.2) is 13.6 Å². The number of unbranched alkanes of at least 4 members (excludes halogenated alkanes) is 1. The summed E-state index contributed by atoms with van der Waals surface area (Å²) in [7, 11) is 1.13. The Morgan fingerprint density at radius 1 is 1.19 bits per heavy atom. The summed E-state index contributed by atoms with van der Waals surface area (Å²) in [4.78, 5) is 11.3. The SMILES string of the molecule is CCCCC(CCC)Nc1ccc(C(=O)OC)c(F)c1F. The minimum atomic E-state index is -1.17. The number of anilines is 1. The predicted molar refractivity (Wildman–Crippen MR) is 79.5 cm³/mol. The fourth-order valence-electron chi connectivity index (χ4n) is 2.24. The summed E-state index contributed by atoms with van der Waals surface area (Å²) in [6, 6.07) is 2.74. The lowest BCUT2D eigenvalue weighted by Crippen LogP contribution is -2.20. The number of carbonyl (C=O) groups excluding carboxylic acids is 1. The van der Waals surface area contributed by atoms with Gasteiger partial charge in [0.05, 0.1) is 18.4 Å². The highest BCUT2D eigenvalue weighted by Crippen LogP contribution is 2.23. The highest BCUT2D eigenvalue weighted by atomic mass is 19.2. The van der Waals surface area contributed by atoms with Gasteiger partial charge in [0.25, 0.3) is 0 Å². The Morgan fingerprint density at radius 3 is 2.48 bits per heavy atom. The second-order valence-corrected chi connectivity index (χ2v) is 5.05. The molecule has 3 nitrogen and oxygen atoms in total. The van der Waals surface area contributed by atoms with Crippen LogP contribution in [-0.2, 0) is 4.74 Å². The fourth-order valence-corrected chi connectivity index (χ4v) is 2.24. The quantitative estimate of drug-likeness (QED) is 0.717. The van der Waals surface area contributed by atoms with Gasteiger partial charge in [0.2, 0.25) is 0 Å². The van der Waals surface area contributed by atoms with E-state index in [1.165, 1.54) is 12.1 Å². The highest BCUT2D eigenvalue weighted by Gasteiger charge is 2.20. The number of esters is 1. The monoisotopic (exact) mass is 299 g/mol. The molecule has 1 atom stereocenters. The molecule has 1 unspecified atom stereocenters. The molecular formula is C16H23F2NO2. The van der Waals surface area contributed by atoms with Crippen LogP contribution in [0.5, 0.6) is 0 Å². The van der Waals surface area contributed by atoms with Crippen molar-refractivity contribution in [3.05, 3.63) is 29.3 Å². The van der Waals surface area contributed by atoms with Crippen LogP contribution in [0.1, 0.15) is 56.3 Å². The maximum atomic E-state index is 14.0. The van der Waals surface area contributed by atoms with E-state index in [1.54, 1.807) is 0 Å². The molecule has 1 aromatic rings. The maximum Gasteiger partial charge on any atom is 0.340 e. The van der Waals surface area contributed by atoms with Gasteiger partial charge < -0.3 is 10.1 Å². The Bertz CT molecular complexity index is 478. The predicted octanol–water partition coefficient (Wildman–Crippen LogP) is 4.52. The normalized spacial score (nSPS) is 12.0. The van der Waals surface area contributed by atoms with Crippen molar-refractivity contribution < 1.29 is 18.3 Å². The number of nitrogens with one attached hydrogen (secondary N) is 1. The van der Waals surface area contributed by atoms with E-state index in [1.807, 2.05) is 0 Å². The molecule has 0 aliphatic heterocycles. The molecule has 0 saturated carbocycles. The van der Waals surface area contributed by atoms with Gasteiger partial charge in [-0.15, -0.1) is 0 Å². The molecule has 1 rings (SSSR count). The van der Waals surface area contributed by atoms with Gasteiger partial charge in [-0.05, 0) is 25.0 Å². The first-order valence-electron chi connectivity index (χ1n) is 7.37. The zero-order chi connectivity index (χ0) is 15.8. The van der Waals surface area contributed by atoms with Crippen LogP contribution in [-0.4, -0.2) is 19.1 Å². The molecule has 0 amide bonds. The van der Waals surface area contributed by atoms with E-state index < -0.39 is 17.6 Å². The van der Waals surface area contributed by atoms with Crippen molar-refractivity contribution in [2.45, 2.75) is 52.0 Å². The van der Waals surface area contributed by atoms with E-state index in [9.17, 15) is 13.6 Å². The first kappa shape index (κ1) is 17.4. The summed E-state index contributed by atoms with van der Waals surface area (Å²) in [5, 5.41) is 3.04. The zero-order valence-corrected chi connectivity index (χ0v) is 12.8. The Kier molecular flexibility index (Phi) is 7.12. The third-order valence-electron chi connectivity index (χ3n) is 3.39. The van der Waals surface area contributed by atoms with Crippen LogP contribution in [0.25, 0.3) is 0 Å². The van der Waals surface area contributed by atoms with Gasteiger partial charge in [-0.2, -0.15) is 0 Å². The van der Waals surface area contributed by atoms with Crippen molar-refractivity contribution in [2.75, 3.05) is 12.4 Å². The minimum Gasteiger partial charge on any atom is -0.465 e. The molecule has 0 spiro atoms. The Hall–Kier alpha value is -1.65. The number of ether oxygens (including phenoxy) is 1. The van der Waals surface area contributed by atoms with Crippen LogP contribution in [0.15, 0.2) is 12.1 Å². The average Bonchev–Trinajstić information content (AvgIpc) is 2.49. The van der Waals surface area contributed by atoms with Gasteiger partial charge in [-0.3, -0.25) is 0 Å². The number of hydrogen-bond donors (Lipinski definition) is 1. The van der Waals surface area contributed by atoms with Crippen LogP contribution in [0.2, 0.25) is 0 Å². The van der Waals surface area contributed by atoms with Gasteiger partial charge in [0.1, 0.15) is 0 Å². The fraction of sp³-hybridized carbons (Fsp3) is 0.562. The van der Waals surface area contributed by atoms with Crippen molar-refractivity contribution in [1.29, 1.82) is 0 Å². The average molecular weight is 299 g/mol. The van der Waals surface area contributed by atoms with Crippen LogP contribution >= 0.6 is 0 Å². The van der Waals surface area contributed by atoms with E-state index in [-0.39, 0.29) is 17.3 Å². The lowest BCUT2D eigenvalue weighted by atomic mass is 10.0.